The van der Waals surface area contributed by atoms with Gasteiger partial charge in [0.25, 0.3) is 0 Å². The highest BCUT2D eigenvalue weighted by Gasteiger charge is 2.35. The number of aliphatic hydroxyl groups is 1. The molecule has 1 saturated heterocycles. The van der Waals surface area contributed by atoms with Gasteiger partial charge in [0.05, 0.1) is 30.5 Å². The van der Waals surface area contributed by atoms with Crippen molar-refractivity contribution in [3.63, 3.8) is 0 Å². The number of likely N-dealkylation sites (tertiary alicyclic amines) is 1. The predicted octanol–water partition coefficient (Wildman–Crippen LogP) is 2.94. The molecule has 1 fully saturated rings. The average Bonchev–Trinajstić information content (AvgIpc) is 3.28. The zero-order chi connectivity index (χ0) is 27.4. The second-order valence-electron chi connectivity index (χ2n) is 9.18. The number of aliphatic hydroxyl groups excluding tert-OH is 1. The number of methoxy groups -OCH3 is 1. The summed E-state index contributed by atoms with van der Waals surface area (Å²) in [5.41, 5.74) is 0.188. The van der Waals surface area contributed by atoms with Crippen LogP contribution in [0.4, 0.5) is 13.2 Å². The molecule has 0 aliphatic carbocycles. The quantitative estimate of drug-likeness (QED) is 0.436. The number of rotatable bonds is 8. The van der Waals surface area contributed by atoms with Crippen LogP contribution < -0.4 is 4.74 Å². The van der Waals surface area contributed by atoms with Crippen LogP contribution in [0.15, 0.2) is 24.3 Å². The van der Waals surface area contributed by atoms with Crippen LogP contribution in [0.5, 0.6) is 5.75 Å². The Balaban J connectivity index is 1.42. The third-order valence-electron chi connectivity index (χ3n) is 6.68. The number of ether oxygens (including phenoxy) is 2. The molecule has 1 aliphatic rings. The number of hydrogen-bond acceptors (Lipinski definition) is 9. The number of nitriles is 1. The number of carbonyl (C=O) groups is 1. The molecule has 1 aliphatic heterocycles. The topological polar surface area (TPSA) is 126 Å². The highest BCUT2D eigenvalue weighted by atomic mass is 19.4. The fourth-order valence-corrected chi connectivity index (χ4v) is 4.54. The number of benzene rings is 1. The first kappa shape index (κ1) is 27.3. The summed E-state index contributed by atoms with van der Waals surface area (Å²) < 4.78 is 53.3. The van der Waals surface area contributed by atoms with Gasteiger partial charge in [0, 0.05) is 19.2 Å². The molecule has 0 spiro atoms. The predicted molar refractivity (Wildman–Crippen MR) is 129 cm³/mol. The number of aryl methyl sites for hydroxylation is 1. The normalized spacial score (nSPS) is 15.8. The molecule has 202 valence electrons. The molecular weight excluding hydrogens is 505 g/mol. The highest BCUT2D eigenvalue weighted by molar-refractivity contribution is 5.83. The van der Waals surface area contributed by atoms with Gasteiger partial charge in [-0.15, -0.1) is 5.10 Å². The van der Waals surface area contributed by atoms with Gasteiger partial charge in [-0.2, -0.15) is 18.4 Å². The van der Waals surface area contributed by atoms with Crippen LogP contribution in [0, 0.1) is 17.2 Å². The van der Waals surface area contributed by atoms with Gasteiger partial charge in [0.1, 0.15) is 17.3 Å². The summed E-state index contributed by atoms with van der Waals surface area (Å²) in [6.07, 6.45) is -3.73. The smallest absolute Gasteiger partial charge is 0.419 e. The van der Waals surface area contributed by atoms with Crippen LogP contribution in [-0.4, -0.2) is 75.4 Å². The van der Waals surface area contributed by atoms with E-state index in [-0.39, 0.29) is 47.3 Å². The maximum Gasteiger partial charge on any atom is 0.419 e. The molecule has 0 unspecified atom stereocenters. The maximum atomic E-state index is 13.9. The molecular formula is C25H27F3N6O4. The lowest BCUT2D eigenvalue weighted by Gasteiger charge is -2.32. The number of aromatic nitrogens is 4. The lowest BCUT2D eigenvalue weighted by Crippen LogP contribution is -2.42. The SMILES string of the molecule is COC(=O)[C@@H](O)CN1CCC(CCOc2ccc(-c3cc4c(nnn4C)c(C#N)n3)cc2C(F)(F)F)CC1. The van der Waals surface area contributed by atoms with Crippen molar-refractivity contribution in [1.82, 2.24) is 24.9 Å². The molecule has 0 amide bonds. The number of carbonyl (C=O) groups excluding carboxylic acids is 1. The van der Waals surface area contributed by atoms with Crippen molar-refractivity contribution in [2.45, 2.75) is 31.5 Å². The van der Waals surface area contributed by atoms with E-state index in [9.17, 15) is 28.3 Å². The molecule has 0 radical (unpaired) electrons. The second-order valence-corrected chi connectivity index (χ2v) is 9.18. The Morgan fingerprint density at radius 3 is 2.68 bits per heavy atom. The van der Waals surface area contributed by atoms with E-state index in [4.69, 9.17) is 4.74 Å². The standard InChI is InChI=1S/C25H27F3N6O4/c1-33-20-12-18(30-19(13-29)23(20)31-32-33)16-3-4-22(17(11-16)25(26,27)28)38-10-7-15-5-8-34(9-6-15)14-21(35)24(36)37-2/h3-4,11-12,15,21,35H,5-10,14H2,1-2H3/t21-/m0/s1. The molecule has 38 heavy (non-hydrogen) atoms. The van der Waals surface area contributed by atoms with E-state index < -0.39 is 23.8 Å². The third-order valence-corrected chi connectivity index (χ3v) is 6.68. The first-order valence-corrected chi connectivity index (χ1v) is 12.0. The zero-order valence-electron chi connectivity index (χ0n) is 20.9. The van der Waals surface area contributed by atoms with Crippen LogP contribution in [0.3, 0.4) is 0 Å². The molecule has 10 nitrogen and oxygen atoms in total. The second kappa shape index (κ2) is 11.3. The van der Waals surface area contributed by atoms with Gasteiger partial charge in [-0.25, -0.2) is 14.5 Å². The van der Waals surface area contributed by atoms with Crippen molar-refractivity contribution in [3.05, 3.63) is 35.5 Å². The van der Waals surface area contributed by atoms with Crippen LogP contribution in [0.1, 0.15) is 30.5 Å². The van der Waals surface area contributed by atoms with Crippen molar-refractivity contribution in [2.24, 2.45) is 13.0 Å². The van der Waals surface area contributed by atoms with Gasteiger partial charge in [-0.05, 0) is 62.5 Å². The average molecular weight is 533 g/mol. The molecule has 1 N–H and O–H groups in total. The Hall–Kier alpha value is -3.76. The van der Waals surface area contributed by atoms with Crippen LogP contribution in [0.2, 0.25) is 0 Å². The molecule has 1 aromatic carbocycles. The number of halogens is 3. The summed E-state index contributed by atoms with van der Waals surface area (Å²) in [5.74, 6) is -0.700. The number of alkyl halides is 3. The molecule has 2 aromatic heterocycles. The fraction of sp³-hybridized carbons (Fsp3) is 0.480. The minimum Gasteiger partial charge on any atom is -0.493 e. The van der Waals surface area contributed by atoms with Crippen LogP contribution in [-0.2, 0) is 22.8 Å². The van der Waals surface area contributed by atoms with Crippen LogP contribution >= 0.6 is 0 Å². The van der Waals surface area contributed by atoms with E-state index in [0.717, 1.165) is 18.9 Å². The number of nitrogens with zero attached hydrogens (tertiary/aromatic N) is 6. The molecule has 4 rings (SSSR count). The van der Waals surface area contributed by atoms with Gasteiger partial charge in [0.15, 0.2) is 11.8 Å². The number of fused-ring (bicyclic) bond motifs is 1. The lowest BCUT2D eigenvalue weighted by molar-refractivity contribution is -0.151. The largest absolute Gasteiger partial charge is 0.493 e. The minimum absolute atomic E-state index is 0.0228. The van der Waals surface area contributed by atoms with Crippen molar-refractivity contribution < 1.29 is 32.5 Å². The van der Waals surface area contributed by atoms with E-state index >= 15 is 0 Å². The van der Waals surface area contributed by atoms with E-state index in [1.807, 2.05) is 11.0 Å². The number of hydrogen-bond donors (Lipinski definition) is 1. The summed E-state index contributed by atoms with van der Waals surface area (Å²) in [6.45, 7) is 1.62. The van der Waals surface area contributed by atoms with E-state index in [0.29, 0.717) is 25.0 Å². The zero-order valence-corrected chi connectivity index (χ0v) is 20.9. The fourth-order valence-electron chi connectivity index (χ4n) is 4.54. The van der Waals surface area contributed by atoms with Gasteiger partial charge in [-0.3, -0.25) is 0 Å². The minimum atomic E-state index is -4.66. The lowest BCUT2D eigenvalue weighted by atomic mass is 9.94. The number of β-amino-alcohol motifs (C(OH)–C–C–N with tert-alkyl or cyclic N) is 1. The Labute approximate surface area is 216 Å². The summed E-state index contributed by atoms with van der Waals surface area (Å²) in [6, 6.07) is 7.19. The van der Waals surface area contributed by atoms with Crippen molar-refractivity contribution in [3.8, 4) is 23.1 Å². The first-order valence-electron chi connectivity index (χ1n) is 12.0. The Morgan fingerprint density at radius 2 is 2.03 bits per heavy atom. The van der Waals surface area contributed by atoms with E-state index in [2.05, 4.69) is 20.0 Å². The summed E-state index contributed by atoms with van der Waals surface area (Å²) in [5, 5.41) is 27.0. The van der Waals surface area contributed by atoms with Gasteiger partial charge >= 0.3 is 12.1 Å². The molecule has 0 bridgehead atoms. The highest BCUT2D eigenvalue weighted by Crippen LogP contribution is 2.39. The Kier molecular flexibility index (Phi) is 8.13. The Morgan fingerprint density at radius 1 is 1.29 bits per heavy atom. The molecule has 13 heteroatoms. The third kappa shape index (κ3) is 6.03. The Bertz CT molecular complexity index is 1350. The maximum absolute atomic E-state index is 13.9. The molecule has 0 saturated carbocycles. The van der Waals surface area contributed by atoms with Gasteiger partial charge in [-0.1, -0.05) is 5.21 Å². The van der Waals surface area contributed by atoms with Crippen molar-refractivity contribution in [2.75, 3.05) is 33.4 Å². The van der Waals surface area contributed by atoms with Crippen molar-refractivity contribution in [1.29, 1.82) is 5.26 Å². The molecule has 3 aromatic rings. The molecule has 1 atom stereocenters. The summed E-state index contributed by atoms with van der Waals surface area (Å²) in [4.78, 5) is 17.5. The monoisotopic (exact) mass is 532 g/mol. The summed E-state index contributed by atoms with van der Waals surface area (Å²) in [7, 11) is 2.84. The van der Waals surface area contributed by atoms with E-state index in [1.165, 1.54) is 23.9 Å². The van der Waals surface area contributed by atoms with Gasteiger partial charge < -0.3 is 19.5 Å². The van der Waals surface area contributed by atoms with Crippen LogP contribution in [0.25, 0.3) is 22.3 Å². The van der Waals surface area contributed by atoms with E-state index in [1.54, 1.807) is 13.1 Å². The summed E-state index contributed by atoms with van der Waals surface area (Å²) >= 11 is 0. The number of piperidine rings is 1. The first-order chi connectivity index (χ1) is 18.1. The van der Waals surface area contributed by atoms with Gasteiger partial charge in [0.2, 0.25) is 0 Å². The van der Waals surface area contributed by atoms with Crippen molar-refractivity contribution >= 4 is 17.0 Å². The number of pyridine rings is 1. The number of esters is 1. The molecule has 3 heterocycles.